The molecular weight excluding hydrogens is 305 g/mol. The molecule has 1 N–H and O–H groups in total. The predicted molar refractivity (Wildman–Crippen MR) is 80.5 cm³/mol. The van der Waals surface area contributed by atoms with Crippen LogP contribution in [0.4, 0.5) is 0 Å². The molecule has 0 radical (unpaired) electrons. The Morgan fingerprint density at radius 2 is 1.84 bits per heavy atom. The summed E-state index contributed by atoms with van der Waals surface area (Å²) < 4.78 is 0. The molecule has 0 aliphatic heterocycles. The summed E-state index contributed by atoms with van der Waals surface area (Å²) in [5.74, 6) is 0.307. The maximum absolute atomic E-state index is 12.3. The van der Waals surface area contributed by atoms with Gasteiger partial charge in [-0.25, -0.2) is 0 Å². The number of carbonyl (C=O) groups is 1. The molecule has 1 fully saturated rings. The molecule has 0 saturated heterocycles. The molecule has 0 atom stereocenters. The Balaban J connectivity index is 2.12. The van der Waals surface area contributed by atoms with Crippen LogP contribution in [0.1, 0.15) is 42.5 Å². The van der Waals surface area contributed by atoms with Crippen LogP contribution >= 0.6 is 34.8 Å². The van der Waals surface area contributed by atoms with Crippen LogP contribution in [0.2, 0.25) is 10.0 Å². The van der Waals surface area contributed by atoms with Crippen LogP contribution in [-0.4, -0.2) is 17.3 Å². The van der Waals surface area contributed by atoms with Crippen molar-refractivity contribution < 1.29 is 4.79 Å². The Kier molecular flexibility index (Phi) is 4.99. The van der Waals surface area contributed by atoms with E-state index in [2.05, 4.69) is 5.32 Å². The Labute approximate surface area is 128 Å². The Hall–Kier alpha value is -0.440. The summed E-state index contributed by atoms with van der Waals surface area (Å²) in [7, 11) is 0. The molecule has 19 heavy (non-hydrogen) atoms. The van der Waals surface area contributed by atoms with Gasteiger partial charge in [-0.15, -0.1) is 11.6 Å². The van der Waals surface area contributed by atoms with E-state index in [9.17, 15) is 4.79 Å². The number of benzene rings is 1. The van der Waals surface area contributed by atoms with Crippen molar-refractivity contribution in [2.75, 3.05) is 5.88 Å². The average molecular weight is 321 g/mol. The number of amides is 1. The zero-order chi connectivity index (χ0) is 13.9. The third-order valence-electron chi connectivity index (χ3n) is 3.63. The van der Waals surface area contributed by atoms with Gasteiger partial charge in [-0.3, -0.25) is 4.79 Å². The van der Waals surface area contributed by atoms with E-state index in [1.807, 2.05) is 0 Å². The molecular formula is C14H16Cl3NO. The van der Waals surface area contributed by atoms with E-state index in [0.717, 1.165) is 25.7 Å². The van der Waals surface area contributed by atoms with Crippen molar-refractivity contribution in [2.45, 2.75) is 37.6 Å². The van der Waals surface area contributed by atoms with Crippen molar-refractivity contribution in [2.24, 2.45) is 0 Å². The summed E-state index contributed by atoms with van der Waals surface area (Å²) in [4.78, 5) is 12.3. The number of rotatable bonds is 3. The first-order valence-electron chi connectivity index (χ1n) is 6.40. The highest BCUT2D eigenvalue weighted by molar-refractivity contribution is 6.42. The minimum atomic E-state index is -0.275. The second-order valence-electron chi connectivity index (χ2n) is 5.06. The summed E-state index contributed by atoms with van der Waals surface area (Å²) in [6, 6.07) is 4.89. The quantitative estimate of drug-likeness (QED) is 0.806. The zero-order valence-electron chi connectivity index (χ0n) is 10.5. The number of alkyl halides is 1. The maximum Gasteiger partial charge on any atom is 0.251 e. The smallest absolute Gasteiger partial charge is 0.251 e. The van der Waals surface area contributed by atoms with E-state index in [0.29, 0.717) is 21.5 Å². The Morgan fingerprint density at radius 3 is 2.42 bits per heavy atom. The van der Waals surface area contributed by atoms with Gasteiger partial charge in [0.25, 0.3) is 5.91 Å². The van der Waals surface area contributed by atoms with Crippen molar-refractivity contribution in [3.8, 4) is 0 Å². The lowest BCUT2D eigenvalue weighted by Crippen LogP contribution is -2.51. The third-order valence-corrected chi connectivity index (χ3v) is 4.88. The van der Waals surface area contributed by atoms with Crippen molar-refractivity contribution in [3.63, 3.8) is 0 Å². The van der Waals surface area contributed by atoms with E-state index in [1.165, 1.54) is 6.42 Å². The average Bonchev–Trinajstić information content (AvgIpc) is 2.43. The van der Waals surface area contributed by atoms with E-state index in [1.54, 1.807) is 18.2 Å². The van der Waals surface area contributed by atoms with E-state index < -0.39 is 0 Å². The van der Waals surface area contributed by atoms with Gasteiger partial charge >= 0.3 is 0 Å². The fraction of sp³-hybridized carbons (Fsp3) is 0.500. The van der Waals surface area contributed by atoms with E-state index >= 15 is 0 Å². The molecule has 1 amide bonds. The lowest BCUT2D eigenvalue weighted by atomic mass is 9.83. The van der Waals surface area contributed by atoms with Gasteiger partial charge in [0.15, 0.2) is 0 Å². The van der Waals surface area contributed by atoms with Gasteiger partial charge in [-0.1, -0.05) is 42.5 Å². The first-order chi connectivity index (χ1) is 9.06. The number of carbonyl (C=O) groups excluding carboxylic acids is 1. The zero-order valence-corrected chi connectivity index (χ0v) is 12.8. The van der Waals surface area contributed by atoms with Crippen molar-refractivity contribution >= 4 is 40.7 Å². The van der Waals surface area contributed by atoms with Gasteiger partial charge in [0.1, 0.15) is 0 Å². The monoisotopic (exact) mass is 319 g/mol. The molecule has 0 aromatic heterocycles. The minimum Gasteiger partial charge on any atom is -0.345 e. The lowest BCUT2D eigenvalue weighted by Gasteiger charge is -2.36. The fourth-order valence-corrected chi connectivity index (χ4v) is 3.10. The predicted octanol–water partition coefficient (Wildman–Crippen LogP) is 4.66. The molecule has 0 bridgehead atoms. The third kappa shape index (κ3) is 3.56. The lowest BCUT2D eigenvalue weighted by molar-refractivity contribution is 0.0885. The first-order valence-corrected chi connectivity index (χ1v) is 7.69. The highest BCUT2D eigenvalue weighted by Gasteiger charge is 2.32. The van der Waals surface area contributed by atoms with Crippen LogP contribution in [0.5, 0.6) is 0 Å². The Bertz CT molecular complexity index is 470. The van der Waals surface area contributed by atoms with Crippen LogP contribution in [-0.2, 0) is 0 Å². The summed E-state index contributed by atoms with van der Waals surface area (Å²) in [6.45, 7) is 0. The number of nitrogens with one attached hydrogen (secondary N) is 1. The number of halogens is 3. The topological polar surface area (TPSA) is 29.1 Å². The van der Waals surface area contributed by atoms with Crippen LogP contribution in [0.25, 0.3) is 0 Å². The standard InChI is InChI=1S/C14H16Cl3NO/c15-9-14(6-2-1-3-7-14)18-13(19)10-4-5-11(16)12(17)8-10/h4-5,8H,1-3,6-7,9H2,(H,18,19). The van der Waals surface area contributed by atoms with Crippen molar-refractivity contribution in [1.29, 1.82) is 0 Å². The van der Waals surface area contributed by atoms with Crippen LogP contribution in [0.3, 0.4) is 0 Å². The highest BCUT2D eigenvalue weighted by Crippen LogP contribution is 2.30. The summed E-state index contributed by atoms with van der Waals surface area (Å²) >= 11 is 17.8. The highest BCUT2D eigenvalue weighted by atomic mass is 35.5. The summed E-state index contributed by atoms with van der Waals surface area (Å²) in [6.07, 6.45) is 5.29. The van der Waals surface area contributed by atoms with Gasteiger partial charge in [0.05, 0.1) is 15.6 Å². The maximum atomic E-state index is 12.3. The van der Waals surface area contributed by atoms with Gasteiger partial charge in [0, 0.05) is 11.4 Å². The number of hydrogen-bond acceptors (Lipinski definition) is 1. The molecule has 1 aliphatic rings. The molecule has 1 saturated carbocycles. The van der Waals surface area contributed by atoms with Gasteiger partial charge in [0.2, 0.25) is 0 Å². The Morgan fingerprint density at radius 1 is 1.16 bits per heavy atom. The van der Waals surface area contributed by atoms with Crippen LogP contribution < -0.4 is 5.32 Å². The van der Waals surface area contributed by atoms with E-state index in [4.69, 9.17) is 34.8 Å². The number of hydrogen-bond donors (Lipinski definition) is 1. The van der Waals surface area contributed by atoms with Gasteiger partial charge in [-0.05, 0) is 31.0 Å². The molecule has 1 aromatic rings. The molecule has 2 nitrogen and oxygen atoms in total. The molecule has 0 unspecified atom stereocenters. The minimum absolute atomic E-state index is 0.138. The molecule has 1 aliphatic carbocycles. The molecule has 2 rings (SSSR count). The summed E-state index contributed by atoms with van der Waals surface area (Å²) in [5.41, 5.74) is 0.243. The van der Waals surface area contributed by atoms with Gasteiger partial charge < -0.3 is 5.32 Å². The molecule has 104 valence electrons. The molecule has 5 heteroatoms. The second-order valence-corrected chi connectivity index (χ2v) is 6.14. The van der Waals surface area contributed by atoms with E-state index in [-0.39, 0.29) is 11.4 Å². The fourth-order valence-electron chi connectivity index (χ4n) is 2.47. The largest absolute Gasteiger partial charge is 0.345 e. The van der Waals surface area contributed by atoms with Crippen molar-refractivity contribution in [1.82, 2.24) is 5.32 Å². The SMILES string of the molecule is O=C(NC1(CCl)CCCCC1)c1ccc(Cl)c(Cl)c1. The molecule has 1 aromatic carbocycles. The normalized spacial score (nSPS) is 18.1. The van der Waals surface area contributed by atoms with Crippen LogP contribution in [0.15, 0.2) is 18.2 Å². The first kappa shape index (κ1) is 15.0. The molecule has 0 spiro atoms. The van der Waals surface area contributed by atoms with Crippen LogP contribution in [0, 0.1) is 0 Å². The van der Waals surface area contributed by atoms with Gasteiger partial charge in [-0.2, -0.15) is 0 Å². The second kappa shape index (κ2) is 6.34. The van der Waals surface area contributed by atoms with Crippen molar-refractivity contribution in [3.05, 3.63) is 33.8 Å². The summed E-state index contributed by atoms with van der Waals surface area (Å²) in [5, 5.41) is 3.91. The molecule has 0 heterocycles.